The van der Waals surface area contributed by atoms with Gasteiger partial charge in [0.25, 0.3) is 11.5 Å². The highest BCUT2D eigenvalue weighted by Crippen LogP contribution is 2.30. The quantitative estimate of drug-likeness (QED) is 0.208. The van der Waals surface area contributed by atoms with Crippen LogP contribution in [0.1, 0.15) is 29.9 Å². The number of hydrogen-bond acceptors (Lipinski definition) is 7. The van der Waals surface area contributed by atoms with Gasteiger partial charge in [-0.3, -0.25) is 14.7 Å². The number of aromatic nitrogens is 2. The first-order valence-electron chi connectivity index (χ1n) is 12.5. The number of rotatable bonds is 9. The molecule has 10 nitrogen and oxygen atoms in total. The molecule has 0 radical (unpaired) electrons. The molecule has 0 spiro atoms. The predicted octanol–water partition coefficient (Wildman–Crippen LogP) is 5.11. The first-order chi connectivity index (χ1) is 19.8. The fraction of sp³-hybridized carbons (Fsp3) is 0.138. The Bertz CT molecular complexity index is 1680. The first-order valence-corrected chi connectivity index (χ1v) is 13.2. The number of ether oxygens (including phenoxy) is 2. The fourth-order valence-electron chi connectivity index (χ4n) is 3.84. The van der Waals surface area contributed by atoms with Crippen molar-refractivity contribution >= 4 is 58.5 Å². The molecule has 1 aliphatic rings. The smallest absolute Gasteiger partial charge is 0.359 e. The Morgan fingerprint density at radius 3 is 2.12 bits per heavy atom. The molecule has 2 heterocycles. The molecule has 1 amide bonds. The molecule has 41 heavy (non-hydrogen) atoms. The molecule has 0 bridgehead atoms. The third-order valence-electron chi connectivity index (χ3n) is 5.67. The molecule has 1 N–H and O–H groups in total. The van der Waals surface area contributed by atoms with Crippen LogP contribution in [-0.2, 0) is 19.1 Å². The molecule has 4 rings (SSSR count). The predicted molar refractivity (Wildman–Crippen MR) is 157 cm³/mol. The average molecular weight is 595 g/mol. The van der Waals surface area contributed by atoms with E-state index >= 15 is 0 Å². The highest BCUT2D eigenvalue weighted by atomic mass is 35.5. The Balaban J connectivity index is 1.66. The van der Waals surface area contributed by atoms with Gasteiger partial charge in [-0.25, -0.2) is 14.3 Å². The van der Waals surface area contributed by atoms with Crippen LogP contribution in [0, 0.1) is 0 Å². The lowest BCUT2D eigenvalue weighted by Gasteiger charge is -2.12. The number of para-hydroxylation sites is 2. The van der Waals surface area contributed by atoms with Crippen LogP contribution in [-0.4, -0.2) is 46.6 Å². The van der Waals surface area contributed by atoms with E-state index in [1.165, 1.54) is 30.4 Å². The monoisotopic (exact) mass is 594 g/mol. The van der Waals surface area contributed by atoms with Crippen molar-refractivity contribution < 1.29 is 23.9 Å². The number of anilines is 1. The van der Waals surface area contributed by atoms with Crippen molar-refractivity contribution in [3.8, 4) is 5.69 Å². The van der Waals surface area contributed by atoms with Crippen LogP contribution >= 0.6 is 23.2 Å². The zero-order chi connectivity index (χ0) is 29.5. The molecule has 0 aliphatic carbocycles. The van der Waals surface area contributed by atoms with Crippen molar-refractivity contribution in [2.75, 3.05) is 18.2 Å². The van der Waals surface area contributed by atoms with Gasteiger partial charge in [-0.15, -0.1) is 0 Å². The molecule has 3 aromatic rings. The average Bonchev–Trinajstić information content (AvgIpc) is 3.46. The van der Waals surface area contributed by atoms with Crippen molar-refractivity contribution in [3.05, 3.63) is 110 Å². The van der Waals surface area contributed by atoms with Gasteiger partial charge in [0.2, 0.25) is 0 Å². The number of aromatic amines is 1. The number of carbonyl (C=O) groups is 3. The summed E-state index contributed by atoms with van der Waals surface area (Å²) in [6.07, 6.45) is 7.30. The summed E-state index contributed by atoms with van der Waals surface area (Å²) in [5.74, 6) is -2.06. The number of halogens is 2. The topological polar surface area (TPSA) is 123 Å². The molecular weight excluding hydrogens is 571 g/mol. The minimum Gasteiger partial charge on any atom is -0.461 e. The normalized spacial score (nSPS) is 14.3. The van der Waals surface area contributed by atoms with Crippen LogP contribution in [0.2, 0.25) is 10.0 Å². The molecule has 1 aliphatic heterocycles. The van der Waals surface area contributed by atoms with Gasteiger partial charge in [0.1, 0.15) is 0 Å². The lowest BCUT2D eigenvalue weighted by Crippen LogP contribution is -2.23. The Hall–Kier alpha value is -4.67. The lowest BCUT2D eigenvalue weighted by atomic mass is 10.1. The Labute approximate surface area is 244 Å². The molecule has 0 fully saturated rings. The second kappa shape index (κ2) is 13.1. The van der Waals surface area contributed by atoms with Crippen molar-refractivity contribution in [2.45, 2.75) is 13.8 Å². The summed E-state index contributed by atoms with van der Waals surface area (Å²) in [4.78, 5) is 51.5. The van der Waals surface area contributed by atoms with E-state index in [4.69, 9.17) is 32.7 Å². The number of nitrogens with one attached hydrogen (secondary N) is 1. The van der Waals surface area contributed by atoms with Crippen LogP contribution < -0.4 is 10.6 Å². The van der Waals surface area contributed by atoms with Crippen LogP contribution in [0.3, 0.4) is 0 Å². The minimum absolute atomic E-state index is 0.0112. The number of amides is 1. The largest absolute Gasteiger partial charge is 0.461 e. The van der Waals surface area contributed by atoms with Crippen molar-refractivity contribution in [1.29, 1.82) is 0 Å². The zero-order valence-electron chi connectivity index (χ0n) is 22.0. The first kappa shape index (κ1) is 29.3. The summed E-state index contributed by atoms with van der Waals surface area (Å²) in [5.41, 5.74) is -0.0668. The van der Waals surface area contributed by atoms with E-state index in [-0.39, 0.29) is 40.8 Å². The molecule has 0 saturated carbocycles. The van der Waals surface area contributed by atoms with E-state index in [1.54, 1.807) is 62.4 Å². The van der Waals surface area contributed by atoms with E-state index < -0.39 is 23.4 Å². The van der Waals surface area contributed by atoms with Gasteiger partial charge in [-0.1, -0.05) is 65.7 Å². The Morgan fingerprint density at radius 1 is 0.878 bits per heavy atom. The van der Waals surface area contributed by atoms with Crippen LogP contribution in [0.25, 0.3) is 11.8 Å². The third kappa shape index (κ3) is 6.24. The van der Waals surface area contributed by atoms with Crippen molar-refractivity contribution in [1.82, 2.24) is 9.78 Å². The van der Waals surface area contributed by atoms with E-state index in [2.05, 4.69) is 10.2 Å². The second-order valence-corrected chi connectivity index (χ2v) is 9.09. The maximum atomic E-state index is 13.2. The maximum absolute atomic E-state index is 13.2. The number of carbonyl (C=O) groups excluding carboxylic acids is 3. The highest BCUT2D eigenvalue weighted by Gasteiger charge is 2.36. The number of hydrogen-bond donors (Lipinski definition) is 1. The van der Waals surface area contributed by atoms with Crippen LogP contribution in [0.15, 0.2) is 88.3 Å². The maximum Gasteiger partial charge on any atom is 0.359 e. The van der Waals surface area contributed by atoms with Gasteiger partial charge in [-0.05, 0) is 50.3 Å². The summed E-state index contributed by atoms with van der Waals surface area (Å²) in [6.45, 7) is 3.49. The lowest BCUT2D eigenvalue weighted by molar-refractivity contribution is -0.135. The van der Waals surface area contributed by atoms with Crippen molar-refractivity contribution in [3.63, 3.8) is 0 Å². The summed E-state index contributed by atoms with van der Waals surface area (Å²) in [5, 5.41) is 8.54. The number of allylic oxidation sites excluding steroid dienone is 4. The van der Waals surface area contributed by atoms with Crippen LogP contribution in [0.5, 0.6) is 0 Å². The summed E-state index contributed by atoms with van der Waals surface area (Å²) in [6, 6.07) is 13.2. The van der Waals surface area contributed by atoms with E-state index in [1.807, 2.05) is 0 Å². The number of nitrogens with zero attached hydrogens (tertiary/aromatic N) is 3. The summed E-state index contributed by atoms with van der Waals surface area (Å²) in [7, 11) is 0. The number of hydrazone groups is 1. The zero-order valence-corrected chi connectivity index (χ0v) is 23.5. The van der Waals surface area contributed by atoms with Gasteiger partial charge < -0.3 is 9.47 Å². The number of H-pyrrole nitrogens is 1. The number of esters is 2. The number of benzene rings is 2. The van der Waals surface area contributed by atoms with E-state index in [9.17, 15) is 19.2 Å². The Morgan fingerprint density at radius 2 is 1.49 bits per heavy atom. The SMILES string of the molecule is CCOC(=O)C1=NN(c2ccccc2Cl)C(=O)C1=CC=CC=Cc1c(C(=O)OCC)[nH]n(-c2ccccc2Cl)c1=O. The van der Waals surface area contributed by atoms with E-state index in [0.29, 0.717) is 16.4 Å². The highest BCUT2D eigenvalue weighted by molar-refractivity contribution is 6.53. The third-order valence-corrected chi connectivity index (χ3v) is 6.31. The second-order valence-electron chi connectivity index (χ2n) is 8.27. The van der Waals surface area contributed by atoms with Gasteiger partial charge in [-0.2, -0.15) is 10.1 Å². The van der Waals surface area contributed by atoms with Gasteiger partial charge in [0, 0.05) is 0 Å². The molecule has 2 aromatic carbocycles. The summed E-state index contributed by atoms with van der Waals surface area (Å²) >= 11 is 12.5. The molecule has 0 unspecified atom stereocenters. The standard InChI is InChI=1S/C29H24Cl2N4O6/c1-3-40-28(38)24-18(26(36)34(32-24)22-16-10-8-14-20(22)30)12-6-5-7-13-19-25(29(39)41-4-2)33-35(27(19)37)23-17-11-9-15-21(23)31/h5-17,32H,3-4H2,1-2H3. The molecule has 0 atom stereocenters. The van der Waals surface area contributed by atoms with Crippen LogP contribution in [0.4, 0.5) is 5.69 Å². The molecule has 210 valence electrons. The Kier molecular flexibility index (Phi) is 9.38. The summed E-state index contributed by atoms with van der Waals surface area (Å²) < 4.78 is 11.3. The van der Waals surface area contributed by atoms with Crippen molar-refractivity contribution in [2.24, 2.45) is 5.10 Å². The minimum atomic E-state index is -0.767. The molecule has 12 heteroatoms. The molecule has 1 aromatic heterocycles. The molecular formula is C29H24Cl2N4O6. The fourth-order valence-corrected chi connectivity index (χ4v) is 4.27. The van der Waals surface area contributed by atoms with Gasteiger partial charge >= 0.3 is 11.9 Å². The van der Waals surface area contributed by atoms with Gasteiger partial charge in [0.15, 0.2) is 11.4 Å². The van der Waals surface area contributed by atoms with E-state index in [0.717, 1.165) is 9.69 Å². The van der Waals surface area contributed by atoms with Gasteiger partial charge in [0.05, 0.1) is 45.8 Å². The molecule has 0 saturated heterocycles.